The van der Waals surface area contributed by atoms with Crippen molar-refractivity contribution >= 4 is 33.9 Å². The van der Waals surface area contributed by atoms with E-state index in [4.69, 9.17) is 4.42 Å². The normalized spacial score (nSPS) is 11.2. The molecule has 0 aliphatic carbocycles. The van der Waals surface area contributed by atoms with Crippen LogP contribution in [0.1, 0.15) is 16.7 Å². The number of nitrogens with zero attached hydrogens (tertiary/aromatic N) is 1. The smallest absolute Gasteiger partial charge is 0.354 e. The molecule has 0 N–H and O–H groups in total. The van der Waals surface area contributed by atoms with Crippen LogP contribution in [0.25, 0.3) is 33.9 Å². The molecular weight excluding hydrogens is 310 g/mol. The fourth-order valence-electron chi connectivity index (χ4n) is 3.02. The Hall–Kier alpha value is -3.64. The lowest BCUT2D eigenvalue weighted by Crippen LogP contribution is -2.06. The van der Waals surface area contributed by atoms with Crippen molar-refractivity contribution in [3.63, 3.8) is 0 Å². The first-order valence-electron chi connectivity index (χ1n) is 7.90. The van der Waals surface area contributed by atoms with Gasteiger partial charge in [0.2, 0.25) is 0 Å². The van der Waals surface area contributed by atoms with Gasteiger partial charge in [-0.3, -0.25) is 0 Å². The summed E-state index contributed by atoms with van der Waals surface area (Å²) in [6.07, 6.45) is 3.75. The number of benzene rings is 3. The Labute approximate surface area is 144 Å². The lowest BCUT2D eigenvalue weighted by atomic mass is 10.0. The Balaban J connectivity index is 1.95. The summed E-state index contributed by atoms with van der Waals surface area (Å²) in [7, 11) is 0. The molecular formula is C22H13NO2. The molecule has 0 radical (unpaired) electrons. The molecule has 4 aromatic rings. The van der Waals surface area contributed by atoms with Crippen LogP contribution >= 0.6 is 0 Å². The van der Waals surface area contributed by atoms with Crippen molar-refractivity contribution in [2.75, 3.05) is 0 Å². The Morgan fingerprint density at radius 3 is 2.40 bits per heavy atom. The summed E-state index contributed by atoms with van der Waals surface area (Å²) in [4.78, 5) is 12.1. The van der Waals surface area contributed by atoms with Crippen LogP contribution in [0.15, 0.2) is 75.9 Å². The molecule has 3 heteroatoms. The fraction of sp³-hybridized carbons (Fsp3) is 0. The van der Waals surface area contributed by atoms with Crippen LogP contribution in [-0.4, -0.2) is 0 Å². The summed E-state index contributed by atoms with van der Waals surface area (Å²) in [5, 5.41) is 12.4. The van der Waals surface area contributed by atoms with Crippen molar-refractivity contribution in [1.29, 1.82) is 5.26 Å². The maximum absolute atomic E-state index is 12.1. The van der Waals surface area contributed by atoms with E-state index in [0.717, 1.165) is 21.7 Å². The van der Waals surface area contributed by atoms with E-state index >= 15 is 0 Å². The average Bonchev–Trinajstić information content (AvgIpc) is 2.65. The third-order valence-corrected chi connectivity index (χ3v) is 4.22. The van der Waals surface area contributed by atoms with Crippen LogP contribution in [0.2, 0.25) is 0 Å². The maximum Gasteiger partial charge on any atom is 0.354 e. The van der Waals surface area contributed by atoms with E-state index < -0.39 is 5.63 Å². The third kappa shape index (κ3) is 2.60. The molecule has 4 rings (SSSR count). The van der Waals surface area contributed by atoms with E-state index in [1.54, 1.807) is 12.1 Å². The van der Waals surface area contributed by atoms with Crippen molar-refractivity contribution in [3.05, 3.63) is 93.8 Å². The third-order valence-electron chi connectivity index (χ3n) is 4.22. The Morgan fingerprint density at radius 2 is 1.56 bits per heavy atom. The Bertz CT molecular complexity index is 1220. The predicted molar refractivity (Wildman–Crippen MR) is 100 cm³/mol. The van der Waals surface area contributed by atoms with E-state index in [0.29, 0.717) is 11.1 Å². The zero-order chi connectivity index (χ0) is 17.2. The van der Waals surface area contributed by atoms with Crippen molar-refractivity contribution in [2.45, 2.75) is 0 Å². The van der Waals surface area contributed by atoms with Crippen molar-refractivity contribution < 1.29 is 4.42 Å². The molecule has 0 amide bonds. The highest BCUT2D eigenvalue weighted by atomic mass is 16.4. The average molecular weight is 323 g/mol. The second-order valence-corrected chi connectivity index (χ2v) is 5.69. The summed E-state index contributed by atoms with van der Waals surface area (Å²) in [6.45, 7) is 0. The first-order chi connectivity index (χ1) is 12.3. The van der Waals surface area contributed by atoms with Gasteiger partial charge < -0.3 is 4.42 Å². The standard InChI is InChI=1S/C22H13NO2/c23-14-20-18(19-10-3-4-11-21(19)25-22(20)24)13-12-16-8-5-7-15-6-1-2-9-17(15)16/h1-13H. The van der Waals surface area contributed by atoms with Gasteiger partial charge in [-0.25, -0.2) is 4.79 Å². The van der Waals surface area contributed by atoms with Crippen LogP contribution in [0.4, 0.5) is 0 Å². The van der Waals surface area contributed by atoms with Gasteiger partial charge in [0.15, 0.2) is 0 Å². The zero-order valence-corrected chi connectivity index (χ0v) is 13.3. The molecule has 1 heterocycles. The SMILES string of the molecule is N#Cc1c(C=Cc2cccc3ccccc23)c2ccccc2oc1=O. The first-order valence-corrected chi connectivity index (χ1v) is 7.90. The summed E-state index contributed by atoms with van der Waals surface area (Å²) < 4.78 is 5.23. The maximum atomic E-state index is 12.1. The monoisotopic (exact) mass is 323 g/mol. The molecule has 25 heavy (non-hydrogen) atoms. The second kappa shape index (κ2) is 6.10. The predicted octanol–water partition coefficient (Wildman–Crippen LogP) is 4.99. The molecule has 0 aliphatic heterocycles. The molecule has 3 aromatic carbocycles. The molecule has 3 nitrogen and oxygen atoms in total. The lowest BCUT2D eigenvalue weighted by Gasteiger charge is -2.04. The first kappa shape index (κ1) is 14.9. The van der Waals surface area contributed by atoms with E-state index in [-0.39, 0.29) is 5.56 Å². The van der Waals surface area contributed by atoms with Crippen LogP contribution in [-0.2, 0) is 0 Å². The molecule has 0 aliphatic rings. The van der Waals surface area contributed by atoms with Gasteiger partial charge in [0.25, 0.3) is 0 Å². The largest absolute Gasteiger partial charge is 0.422 e. The van der Waals surface area contributed by atoms with Gasteiger partial charge in [-0.05, 0) is 22.4 Å². The van der Waals surface area contributed by atoms with Gasteiger partial charge in [0.05, 0.1) is 0 Å². The molecule has 118 valence electrons. The van der Waals surface area contributed by atoms with E-state index in [2.05, 4.69) is 18.2 Å². The second-order valence-electron chi connectivity index (χ2n) is 5.69. The number of nitriles is 1. The van der Waals surface area contributed by atoms with Crippen LogP contribution in [0, 0.1) is 11.3 Å². The quantitative estimate of drug-likeness (QED) is 0.488. The molecule has 0 saturated heterocycles. The van der Waals surface area contributed by atoms with Crippen LogP contribution in [0.3, 0.4) is 0 Å². The summed E-state index contributed by atoms with van der Waals surface area (Å²) in [5.41, 5.74) is 1.50. The number of para-hydroxylation sites is 1. The van der Waals surface area contributed by atoms with Crippen molar-refractivity contribution in [3.8, 4) is 6.07 Å². The molecule has 0 saturated carbocycles. The van der Waals surface area contributed by atoms with E-state index in [1.807, 2.05) is 54.6 Å². The van der Waals surface area contributed by atoms with Crippen molar-refractivity contribution in [1.82, 2.24) is 0 Å². The molecule has 1 aromatic heterocycles. The minimum absolute atomic E-state index is 0.0233. The van der Waals surface area contributed by atoms with Gasteiger partial charge in [0.1, 0.15) is 17.2 Å². The minimum atomic E-state index is -0.612. The number of rotatable bonds is 2. The molecule has 0 atom stereocenters. The Morgan fingerprint density at radius 1 is 0.840 bits per heavy atom. The van der Waals surface area contributed by atoms with Crippen LogP contribution < -0.4 is 5.63 Å². The highest BCUT2D eigenvalue weighted by Crippen LogP contribution is 2.24. The molecule has 0 unspecified atom stereocenters. The highest BCUT2D eigenvalue weighted by molar-refractivity contribution is 5.96. The van der Waals surface area contributed by atoms with Crippen LogP contribution in [0.5, 0.6) is 0 Å². The highest BCUT2D eigenvalue weighted by Gasteiger charge is 2.11. The van der Waals surface area contributed by atoms with Gasteiger partial charge in [-0.1, -0.05) is 72.8 Å². The molecule has 0 bridgehead atoms. The molecule has 0 spiro atoms. The van der Waals surface area contributed by atoms with E-state index in [1.165, 1.54) is 0 Å². The van der Waals surface area contributed by atoms with Gasteiger partial charge in [0, 0.05) is 10.9 Å². The Kier molecular flexibility index (Phi) is 3.64. The summed E-state index contributed by atoms with van der Waals surface area (Å²) >= 11 is 0. The summed E-state index contributed by atoms with van der Waals surface area (Å²) in [5.74, 6) is 0. The number of hydrogen-bond acceptors (Lipinski definition) is 3. The van der Waals surface area contributed by atoms with Gasteiger partial charge in [-0.15, -0.1) is 0 Å². The summed E-state index contributed by atoms with van der Waals surface area (Å²) in [6, 6.07) is 23.4. The topological polar surface area (TPSA) is 54.0 Å². The molecule has 0 fully saturated rings. The van der Waals surface area contributed by atoms with Crippen molar-refractivity contribution in [2.24, 2.45) is 0 Å². The van der Waals surface area contributed by atoms with Gasteiger partial charge >= 0.3 is 5.63 Å². The van der Waals surface area contributed by atoms with E-state index in [9.17, 15) is 10.1 Å². The number of fused-ring (bicyclic) bond motifs is 2. The lowest BCUT2D eigenvalue weighted by molar-refractivity contribution is 0.558. The zero-order valence-electron chi connectivity index (χ0n) is 13.3. The number of hydrogen-bond donors (Lipinski definition) is 0. The fourth-order valence-corrected chi connectivity index (χ4v) is 3.02. The van der Waals surface area contributed by atoms with Gasteiger partial charge in [-0.2, -0.15) is 5.26 Å². The minimum Gasteiger partial charge on any atom is -0.422 e.